The largest absolute Gasteiger partial charge is 0.493 e. The second kappa shape index (κ2) is 9.43. The van der Waals surface area contributed by atoms with Crippen molar-refractivity contribution >= 4 is 17.5 Å². The van der Waals surface area contributed by atoms with E-state index in [1.165, 1.54) is 0 Å². The molecule has 2 aromatic carbocycles. The summed E-state index contributed by atoms with van der Waals surface area (Å²) in [6.45, 7) is 3.76. The van der Waals surface area contributed by atoms with Crippen molar-refractivity contribution in [3.05, 3.63) is 64.3 Å². The lowest BCUT2D eigenvalue weighted by Gasteiger charge is -2.27. The lowest BCUT2D eigenvalue weighted by molar-refractivity contribution is -0.132. The van der Waals surface area contributed by atoms with Crippen LogP contribution < -0.4 is 9.47 Å². The second-order valence-corrected chi connectivity index (χ2v) is 7.96. The highest BCUT2D eigenvalue weighted by Crippen LogP contribution is 2.31. The number of halogens is 1. The number of benzene rings is 2. The number of rotatable bonds is 7. The van der Waals surface area contributed by atoms with Gasteiger partial charge in [-0.25, -0.2) is 0 Å². The number of carbonyl (C=O) groups excluding carboxylic acids is 1. The topological polar surface area (TPSA) is 67.5 Å². The van der Waals surface area contributed by atoms with Crippen LogP contribution in [-0.2, 0) is 24.2 Å². The van der Waals surface area contributed by atoms with Crippen LogP contribution in [0.25, 0.3) is 11.3 Å². The van der Waals surface area contributed by atoms with Crippen LogP contribution in [-0.4, -0.2) is 41.3 Å². The molecule has 31 heavy (non-hydrogen) atoms. The zero-order valence-corrected chi connectivity index (χ0v) is 18.5. The number of H-pyrrole nitrogens is 1. The molecule has 1 aliphatic rings. The van der Waals surface area contributed by atoms with Crippen LogP contribution in [0.4, 0.5) is 0 Å². The molecule has 162 valence electrons. The molecule has 0 bridgehead atoms. The predicted molar refractivity (Wildman–Crippen MR) is 121 cm³/mol. The van der Waals surface area contributed by atoms with E-state index in [1.54, 1.807) is 7.11 Å². The van der Waals surface area contributed by atoms with Crippen molar-refractivity contribution in [2.24, 2.45) is 0 Å². The maximum absolute atomic E-state index is 12.9. The minimum atomic E-state index is 0.136. The molecule has 0 radical (unpaired) electrons. The standard InChI is InChI=1S/C24H26ClN3O3/c1-3-31-21-9-7-16(13-22(21)30-2)8-10-23(29)28-12-11-20-19(15-28)24(27-26-20)17-5-4-6-18(25)14-17/h4-7,9,13-14H,3,8,10-12,15H2,1-2H3,(H,26,27). The highest BCUT2D eigenvalue weighted by atomic mass is 35.5. The van der Waals surface area contributed by atoms with Gasteiger partial charge in [-0.3, -0.25) is 9.89 Å². The van der Waals surface area contributed by atoms with Gasteiger partial charge in [0.25, 0.3) is 0 Å². The van der Waals surface area contributed by atoms with Gasteiger partial charge in [0.1, 0.15) is 0 Å². The van der Waals surface area contributed by atoms with Crippen molar-refractivity contribution < 1.29 is 14.3 Å². The second-order valence-electron chi connectivity index (χ2n) is 7.52. The Hall–Kier alpha value is -2.99. The first kappa shape index (κ1) is 21.2. The minimum absolute atomic E-state index is 0.136. The normalized spacial score (nSPS) is 13.1. The summed E-state index contributed by atoms with van der Waals surface area (Å²) in [6, 6.07) is 13.5. The Morgan fingerprint density at radius 3 is 2.87 bits per heavy atom. The molecule has 7 heteroatoms. The minimum Gasteiger partial charge on any atom is -0.493 e. The maximum atomic E-state index is 12.9. The molecule has 0 fully saturated rings. The van der Waals surface area contributed by atoms with Gasteiger partial charge in [-0.2, -0.15) is 5.10 Å². The number of aromatic amines is 1. The quantitative estimate of drug-likeness (QED) is 0.581. The fraction of sp³-hybridized carbons (Fsp3) is 0.333. The Balaban J connectivity index is 1.43. The molecule has 3 aromatic rings. The first-order valence-corrected chi connectivity index (χ1v) is 10.9. The van der Waals surface area contributed by atoms with E-state index in [9.17, 15) is 4.79 Å². The number of ether oxygens (including phenoxy) is 2. The maximum Gasteiger partial charge on any atom is 0.223 e. The average molecular weight is 440 g/mol. The Bertz CT molecular complexity index is 1080. The molecular weight excluding hydrogens is 414 g/mol. The smallest absolute Gasteiger partial charge is 0.223 e. The van der Waals surface area contributed by atoms with Crippen molar-refractivity contribution in [2.75, 3.05) is 20.3 Å². The van der Waals surface area contributed by atoms with Crippen molar-refractivity contribution in [1.29, 1.82) is 0 Å². The zero-order valence-electron chi connectivity index (χ0n) is 17.8. The number of carbonyl (C=O) groups is 1. The summed E-state index contributed by atoms with van der Waals surface area (Å²) in [5.41, 5.74) is 5.04. The molecule has 2 heterocycles. The van der Waals surface area contributed by atoms with Gasteiger partial charge in [0.05, 0.1) is 19.4 Å². The predicted octanol–water partition coefficient (Wildman–Crippen LogP) is 4.65. The Morgan fingerprint density at radius 1 is 1.23 bits per heavy atom. The number of aromatic nitrogens is 2. The Kier molecular flexibility index (Phi) is 6.47. The Morgan fingerprint density at radius 2 is 2.10 bits per heavy atom. The number of aryl methyl sites for hydroxylation is 1. The van der Waals surface area contributed by atoms with Gasteiger partial charge >= 0.3 is 0 Å². The molecular formula is C24H26ClN3O3. The number of nitrogens with zero attached hydrogens (tertiary/aromatic N) is 2. The van der Waals surface area contributed by atoms with E-state index in [0.29, 0.717) is 43.3 Å². The number of fused-ring (bicyclic) bond motifs is 1. The van der Waals surface area contributed by atoms with Gasteiger partial charge in [0, 0.05) is 47.8 Å². The fourth-order valence-corrected chi connectivity index (χ4v) is 4.12. The molecule has 1 aliphatic heterocycles. The lowest BCUT2D eigenvalue weighted by atomic mass is 10.0. The third kappa shape index (κ3) is 4.69. The molecule has 0 saturated carbocycles. The first-order chi connectivity index (χ1) is 15.1. The zero-order chi connectivity index (χ0) is 21.8. The average Bonchev–Trinajstić information content (AvgIpc) is 3.21. The molecule has 0 aliphatic carbocycles. The van der Waals surface area contributed by atoms with Gasteiger partial charge in [-0.05, 0) is 43.2 Å². The number of amides is 1. The molecule has 0 atom stereocenters. The van der Waals surface area contributed by atoms with E-state index in [0.717, 1.165) is 40.2 Å². The fourth-order valence-electron chi connectivity index (χ4n) is 3.93. The summed E-state index contributed by atoms with van der Waals surface area (Å²) in [5.74, 6) is 1.55. The number of nitrogens with one attached hydrogen (secondary N) is 1. The third-order valence-electron chi connectivity index (χ3n) is 5.54. The van der Waals surface area contributed by atoms with Gasteiger partial charge in [0.15, 0.2) is 11.5 Å². The van der Waals surface area contributed by atoms with Crippen molar-refractivity contribution in [3.63, 3.8) is 0 Å². The Labute approximate surface area is 187 Å². The van der Waals surface area contributed by atoms with Gasteiger partial charge in [-0.15, -0.1) is 0 Å². The monoisotopic (exact) mass is 439 g/mol. The van der Waals surface area contributed by atoms with Crippen molar-refractivity contribution in [2.45, 2.75) is 32.7 Å². The highest BCUT2D eigenvalue weighted by Gasteiger charge is 2.25. The number of hydrogen-bond acceptors (Lipinski definition) is 4. The SMILES string of the molecule is CCOc1ccc(CCC(=O)N2CCc3[nH]nc(-c4cccc(Cl)c4)c3C2)cc1OC. The van der Waals surface area contributed by atoms with E-state index >= 15 is 0 Å². The molecule has 0 saturated heterocycles. The van der Waals surface area contributed by atoms with Crippen LogP contribution in [0.5, 0.6) is 11.5 Å². The number of hydrogen-bond donors (Lipinski definition) is 1. The van der Waals surface area contributed by atoms with Crippen molar-refractivity contribution in [1.82, 2.24) is 15.1 Å². The van der Waals surface area contributed by atoms with E-state index in [-0.39, 0.29) is 5.91 Å². The van der Waals surface area contributed by atoms with E-state index < -0.39 is 0 Å². The molecule has 0 spiro atoms. The van der Waals surface area contributed by atoms with Crippen LogP contribution in [0.1, 0.15) is 30.2 Å². The van der Waals surface area contributed by atoms with E-state index in [2.05, 4.69) is 10.2 Å². The summed E-state index contributed by atoms with van der Waals surface area (Å²) in [7, 11) is 1.63. The lowest BCUT2D eigenvalue weighted by Crippen LogP contribution is -2.36. The number of methoxy groups -OCH3 is 1. The summed E-state index contributed by atoms with van der Waals surface area (Å²) in [5, 5.41) is 8.29. The summed E-state index contributed by atoms with van der Waals surface area (Å²) in [4.78, 5) is 14.9. The van der Waals surface area contributed by atoms with Crippen LogP contribution in [0.2, 0.25) is 5.02 Å². The summed E-state index contributed by atoms with van der Waals surface area (Å²) >= 11 is 6.15. The first-order valence-electron chi connectivity index (χ1n) is 10.5. The van der Waals surface area contributed by atoms with Crippen molar-refractivity contribution in [3.8, 4) is 22.8 Å². The third-order valence-corrected chi connectivity index (χ3v) is 5.77. The molecule has 1 amide bonds. The molecule has 4 rings (SSSR count). The molecule has 6 nitrogen and oxygen atoms in total. The van der Waals surface area contributed by atoms with Crippen LogP contribution >= 0.6 is 11.6 Å². The van der Waals surface area contributed by atoms with Crippen LogP contribution in [0.3, 0.4) is 0 Å². The summed E-state index contributed by atoms with van der Waals surface area (Å²) < 4.78 is 11.0. The van der Waals surface area contributed by atoms with Gasteiger partial charge < -0.3 is 14.4 Å². The van der Waals surface area contributed by atoms with Gasteiger partial charge in [0.2, 0.25) is 5.91 Å². The highest BCUT2D eigenvalue weighted by molar-refractivity contribution is 6.30. The van der Waals surface area contributed by atoms with E-state index in [4.69, 9.17) is 21.1 Å². The van der Waals surface area contributed by atoms with E-state index in [1.807, 2.05) is 54.3 Å². The van der Waals surface area contributed by atoms with Crippen LogP contribution in [0.15, 0.2) is 42.5 Å². The molecule has 1 N–H and O–H groups in total. The summed E-state index contributed by atoms with van der Waals surface area (Å²) in [6.07, 6.45) is 1.86. The molecule has 1 aromatic heterocycles. The van der Waals surface area contributed by atoms with Gasteiger partial charge in [-0.1, -0.05) is 29.8 Å². The van der Waals surface area contributed by atoms with Crippen LogP contribution in [0, 0.1) is 0 Å². The molecule has 0 unspecified atom stereocenters.